The van der Waals surface area contributed by atoms with E-state index in [1.165, 1.54) is 5.56 Å². The smallest absolute Gasteiger partial charge is 0.262 e. The standard InChI is InChI=1S/C17H20N2O3/c1-3-12-4-6-13(7-5-12)22-11-17(20)19-16-9-8-14(21-2)10-15(16)18/h4-10H,3,11,18H2,1-2H3,(H,19,20). The van der Waals surface area contributed by atoms with Crippen molar-refractivity contribution in [1.82, 2.24) is 0 Å². The summed E-state index contributed by atoms with van der Waals surface area (Å²) in [6.45, 7) is 2.01. The highest BCUT2D eigenvalue weighted by atomic mass is 16.5. The molecule has 2 aromatic rings. The van der Waals surface area contributed by atoms with Crippen molar-refractivity contribution in [3.05, 3.63) is 48.0 Å². The van der Waals surface area contributed by atoms with Gasteiger partial charge >= 0.3 is 0 Å². The number of nitrogens with two attached hydrogens (primary N) is 1. The second-order valence-electron chi connectivity index (χ2n) is 4.79. The second kappa shape index (κ2) is 7.36. The predicted octanol–water partition coefficient (Wildman–Crippen LogP) is 2.86. The quantitative estimate of drug-likeness (QED) is 0.805. The van der Waals surface area contributed by atoms with Gasteiger partial charge in [0.05, 0.1) is 18.5 Å². The summed E-state index contributed by atoms with van der Waals surface area (Å²) in [5.41, 5.74) is 8.06. The van der Waals surface area contributed by atoms with Crippen molar-refractivity contribution in [1.29, 1.82) is 0 Å². The van der Waals surface area contributed by atoms with Crippen LogP contribution in [0.15, 0.2) is 42.5 Å². The van der Waals surface area contributed by atoms with Crippen LogP contribution >= 0.6 is 0 Å². The number of benzene rings is 2. The highest BCUT2D eigenvalue weighted by molar-refractivity contribution is 5.95. The third kappa shape index (κ3) is 4.15. The van der Waals surface area contributed by atoms with Gasteiger partial charge in [0, 0.05) is 6.07 Å². The molecule has 0 atom stereocenters. The molecule has 0 spiro atoms. The van der Waals surface area contributed by atoms with Gasteiger partial charge in [0.15, 0.2) is 6.61 Å². The van der Waals surface area contributed by atoms with Gasteiger partial charge in [-0.2, -0.15) is 0 Å². The first-order chi connectivity index (χ1) is 10.6. The Morgan fingerprint density at radius 1 is 1.14 bits per heavy atom. The Labute approximate surface area is 130 Å². The topological polar surface area (TPSA) is 73.6 Å². The van der Waals surface area contributed by atoms with E-state index in [4.69, 9.17) is 15.2 Å². The first kappa shape index (κ1) is 15.7. The average molecular weight is 300 g/mol. The summed E-state index contributed by atoms with van der Waals surface area (Å²) in [5.74, 6) is 1.04. The number of aryl methyl sites for hydroxylation is 1. The largest absolute Gasteiger partial charge is 0.497 e. The predicted molar refractivity (Wildman–Crippen MR) is 87.4 cm³/mol. The summed E-state index contributed by atoms with van der Waals surface area (Å²) < 4.78 is 10.5. The number of methoxy groups -OCH3 is 1. The van der Waals surface area contributed by atoms with Crippen molar-refractivity contribution >= 4 is 17.3 Å². The molecular formula is C17H20N2O3. The normalized spacial score (nSPS) is 10.1. The third-order valence-corrected chi connectivity index (χ3v) is 3.23. The number of nitrogen functional groups attached to an aromatic ring is 1. The maximum Gasteiger partial charge on any atom is 0.262 e. The molecule has 0 radical (unpaired) electrons. The van der Waals surface area contributed by atoms with Crippen molar-refractivity contribution < 1.29 is 14.3 Å². The second-order valence-corrected chi connectivity index (χ2v) is 4.79. The zero-order valence-electron chi connectivity index (χ0n) is 12.8. The highest BCUT2D eigenvalue weighted by Gasteiger charge is 2.07. The minimum atomic E-state index is -0.267. The maximum atomic E-state index is 11.9. The molecule has 3 N–H and O–H groups in total. The van der Waals surface area contributed by atoms with Crippen LogP contribution in [0, 0.1) is 0 Å². The van der Waals surface area contributed by atoms with Crippen molar-refractivity contribution in [3.8, 4) is 11.5 Å². The Kier molecular flexibility index (Phi) is 5.25. The number of carbonyl (C=O) groups excluding carboxylic acids is 1. The first-order valence-electron chi connectivity index (χ1n) is 7.07. The molecule has 0 bridgehead atoms. The fourth-order valence-electron chi connectivity index (χ4n) is 1.94. The Hall–Kier alpha value is -2.69. The molecule has 22 heavy (non-hydrogen) atoms. The third-order valence-electron chi connectivity index (χ3n) is 3.23. The lowest BCUT2D eigenvalue weighted by Crippen LogP contribution is -2.20. The van der Waals surface area contributed by atoms with Crippen LogP contribution in [0.4, 0.5) is 11.4 Å². The van der Waals surface area contributed by atoms with E-state index in [2.05, 4.69) is 12.2 Å². The van der Waals surface area contributed by atoms with Gasteiger partial charge in [-0.25, -0.2) is 0 Å². The molecule has 5 heteroatoms. The monoisotopic (exact) mass is 300 g/mol. The van der Waals surface area contributed by atoms with Gasteiger partial charge in [-0.05, 0) is 36.2 Å². The number of ether oxygens (including phenoxy) is 2. The zero-order chi connectivity index (χ0) is 15.9. The van der Waals surface area contributed by atoms with Gasteiger partial charge < -0.3 is 20.5 Å². The van der Waals surface area contributed by atoms with E-state index in [0.717, 1.165) is 6.42 Å². The molecule has 0 saturated heterocycles. The van der Waals surface area contributed by atoms with Gasteiger partial charge in [-0.3, -0.25) is 4.79 Å². The first-order valence-corrected chi connectivity index (χ1v) is 7.07. The molecule has 0 aliphatic rings. The SMILES string of the molecule is CCc1ccc(OCC(=O)Nc2ccc(OC)cc2N)cc1. The lowest BCUT2D eigenvalue weighted by molar-refractivity contribution is -0.118. The molecule has 0 unspecified atom stereocenters. The molecule has 0 fully saturated rings. The Morgan fingerprint density at radius 3 is 2.41 bits per heavy atom. The molecule has 0 heterocycles. The number of hydrogen-bond donors (Lipinski definition) is 2. The summed E-state index contributed by atoms with van der Waals surface area (Å²) in [6, 6.07) is 12.8. The number of amides is 1. The van der Waals surface area contributed by atoms with Crippen molar-refractivity contribution in [3.63, 3.8) is 0 Å². The van der Waals surface area contributed by atoms with Crippen LogP contribution < -0.4 is 20.5 Å². The summed E-state index contributed by atoms with van der Waals surface area (Å²) in [4.78, 5) is 11.9. The number of rotatable bonds is 6. The maximum absolute atomic E-state index is 11.9. The zero-order valence-corrected chi connectivity index (χ0v) is 12.8. The lowest BCUT2D eigenvalue weighted by atomic mass is 10.2. The number of hydrogen-bond acceptors (Lipinski definition) is 4. The molecular weight excluding hydrogens is 280 g/mol. The van der Waals surface area contributed by atoms with Crippen LogP contribution in [-0.4, -0.2) is 19.6 Å². The van der Waals surface area contributed by atoms with Crippen molar-refractivity contribution in [2.45, 2.75) is 13.3 Å². The van der Waals surface area contributed by atoms with Crippen molar-refractivity contribution in [2.75, 3.05) is 24.8 Å². The molecule has 2 rings (SSSR count). The summed E-state index contributed by atoms with van der Waals surface area (Å²) >= 11 is 0. The Balaban J connectivity index is 1.89. The molecule has 0 aromatic heterocycles. The van der Waals surface area contributed by atoms with Crippen LogP contribution in [0.1, 0.15) is 12.5 Å². The van der Waals surface area contributed by atoms with Gasteiger partial charge in [0.25, 0.3) is 5.91 Å². The van der Waals surface area contributed by atoms with E-state index in [-0.39, 0.29) is 12.5 Å². The van der Waals surface area contributed by atoms with Gasteiger partial charge in [-0.1, -0.05) is 19.1 Å². The molecule has 5 nitrogen and oxygen atoms in total. The Morgan fingerprint density at radius 2 is 1.82 bits per heavy atom. The minimum absolute atomic E-state index is 0.0725. The van der Waals surface area contributed by atoms with Crippen LogP contribution in [0.2, 0.25) is 0 Å². The summed E-state index contributed by atoms with van der Waals surface area (Å²) in [5, 5.41) is 2.71. The fraction of sp³-hybridized carbons (Fsp3) is 0.235. The average Bonchev–Trinajstić information content (AvgIpc) is 2.55. The number of nitrogens with one attached hydrogen (secondary N) is 1. The van der Waals surface area contributed by atoms with E-state index in [1.807, 2.05) is 24.3 Å². The van der Waals surface area contributed by atoms with Crippen LogP contribution in [0.3, 0.4) is 0 Å². The van der Waals surface area contributed by atoms with Crippen LogP contribution in [-0.2, 0) is 11.2 Å². The molecule has 1 amide bonds. The molecule has 116 valence electrons. The van der Waals surface area contributed by atoms with Gasteiger partial charge in [0.2, 0.25) is 0 Å². The van der Waals surface area contributed by atoms with Crippen molar-refractivity contribution in [2.24, 2.45) is 0 Å². The van der Waals surface area contributed by atoms with Crippen LogP contribution in [0.25, 0.3) is 0 Å². The van der Waals surface area contributed by atoms with E-state index in [9.17, 15) is 4.79 Å². The summed E-state index contributed by atoms with van der Waals surface area (Å²) in [7, 11) is 1.56. The summed E-state index contributed by atoms with van der Waals surface area (Å²) in [6.07, 6.45) is 0.970. The lowest BCUT2D eigenvalue weighted by Gasteiger charge is -2.10. The van der Waals surface area contributed by atoms with E-state index < -0.39 is 0 Å². The molecule has 2 aromatic carbocycles. The molecule has 0 aliphatic carbocycles. The Bertz CT molecular complexity index is 639. The van der Waals surface area contributed by atoms with Crippen LogP contribution in [0.5, 0.6) is 11.5 Å². The molecule has 0 aliphatic heterocycles. The minimum Gasteiger partial charge on any atom is -0.497 e. The highest BCUT2D eigenvalue weighted by Crippen LogP contribution is 2.24. The van der Waals surface area contributed by atoms with Gasteiger partial charge in [0.1, 0.15) is 11.5 Å². The molecule has 0 saturated carbocycles. The number of carbonyl (C=O) groups is 1. The van der Waals surface area contributed by atoms with E-state index in [1.54, 1.807) is 25.3 Å². The number of anilines is 2. The van der Waals surface area contributed by atoms with E-state index >= 15 is 0 Å². The van der Waals surface area contributed by atoms with E-state index in [0.29, 0.717) is 22.9 Å². The fourth-order valence-corrected chi connectivity index (χ4v) is 1.94. The van der Waals surface area contributed by atoms with Gasteiger partial charge in [-0.15, -0.1) is 0 Å².